The van der Waals surface area contributed by atoms with Crippen molar-refractivity contribution in [2.45, 2.75) is 13.0 Å². The van der Waals surface area contributed by atoms with Gasteiger partial charge in [0.1, 0.15) is 5.69 Å². The van der Waals surface area contributed by atoms with E-state index in [2.05, 4.69) is 20.4 Å². The average molecular weight is 366 g/mol. The highest BCUT2D eigenvalue weighted by Crippen LogP contribution is 2.26. The summed E-state index contributed by atoms with van der Waals surface area (Å²) in [6.07, 6.45) is -0.674. The number of H-pyrrole nitrogens is 1. The molecule has 0 aliphatic heterocycles. The second kappa shape index (κ2) is 6.93. The van der Waals surface area contributed by atoms with Crippen LogP contribution in [0.25, 0.3) is 22.0 Å². The minimum absolute atomic E-state index is 0.240. The summed E-state index contributed by atoms with van der Waals surface area (Å²) < 4.78 is 11.0. The molecule has 1 N–H and O–H groups in total. The van der Waals surface area contributed by atoms with Gasteiger partial charge in [-0.3, -0.25) is 5.10 Å². The quantitative estimate of drug-likeness (QED) is 0.534. The summed E-state index contributed by atoms with van der Waals surface area (Å²) in [5.41, 5.74) is 1.84. The molecular weight excluding hydrogens is 352 g/mol. The molecule has 130 valence electrons. The lowest BCUT2D eigenvalue weighted by molar-refractivity contribution is 0.0273. The largest absolute Gasteiger partial charge is 0.448 e. The van der Waals surface area contributed by atoms with Gasteiger partial charge in [-0.2, -0.15) is 5.10 Å². The Hall–Kier alpha value is -3.26. The average Bonchev–Trinajstić information content (AvgIpc) is 3.43. The molecule has 26 heavy (non-hydrogen) atoms. The monoisotopic (exact) mass is 366 g/mol. The summed E-state index contributed by atoms with van der Waals surface area (Å²) in [6.45, 7) is 1.68. The Morgan fingerprint density at radius 2 is 2.04 bits per heavy atom. The van der Waals surface area contributed by atoms with Crippen molar-refractivity contribution >= 4 is 17.3 Å². The smallest absolute Gasteiger partial charge is 0.357 e. The summed E-state index contributed by atoms with van der Waals surface area (Å²) in [5.74, 6) is 0.110. The van der Waals surface area contributed by atoms with Crippen molar-refractivity contribution in [3.05, 3.63) is 65.5 Å². The van der Waals surface area contributed by atoms with Gasteiger partial charge in [0, 0.05) is 5.56 Å². The molecular formula is C18H14N4O3S. The zero-order chi connectivity index (χ0) is 17.9. The lowest BCUT2D eigenvalue weighted by atomic mass is 10.1. The Labute approximate surface area is 152 Å². The number of esters is 1. The molecule has 0 spiro atoms. The van der Waals surface area contributed by atoms with Gasteiger partial charge in [0.25, 0.3) is 11.8 Å². The van der Waals surface area contributed by atoms with Crippen LogP contribution in [-0.2, 0) is 4.74 Å². The van der Waals surface area contributed by atoms with Crippen LogP contribution in [0.4, 0.5) is 0 Å². The SMILES string of the molecule is CC(OC(=O)c1cc(-c2ccccc2)n[nH]1)c1nnc(-c2cccs2)o1. The molecule has 8 heteroatoms. The topological polar surface area (TPSA) is 93.9 Å². The number of benzene rings is 1. The molecule has 3 aromatic heterocycles. The van der Waals surface area contributed by atoms with Crippen molar-refractivity contribution in [2.75, 3.05) is 0 Å². The number of nitrogens with one attached hydrogen (secondary N) is 1. The van der Waals surface area contributed by atoms with Gasteiger partial charge < -0.3 is 9.15 Å². The molecule has 0 bridgehead atoms. The van der Waals surface area contributed by atoms with Crippen molar-refractivity contribution in [3.8, 4) is 22.0 Å². The first-order chi connectivity index (χ1) is 12.7. The molecule has 0 fully saturated rings. The van der Waals surface area contributed by atoms with Crippen LogP contribution in [-0.4, -0.2) is 26.4 Å². The fourth-order valence-electron chi connectivity index (χ4n) is 2.36. The third-order valence-corrected chi connectivity index (χ3v) is 4.53. The van der Waals surface area contributed by atoms with Gasteiger partial charge in [-0.1, -0.05) is 36.4 Å². The van der Waals surface area contributed by atoms with Gasteiger partial charge >= 0.3 is 5.97 Å². The lowest BCUT2D eigenvalue weighted by Crippen LogP contribution is -2.10. The number of carbonyl (C=O) groups is 1. The van der Waals surface area contributed by atoms with Gasteiger partial charge in [0.05, 0.1) is 10.6 Å². The first-order valence-corrected chi connectivity index (χ1v) is 8.78. The maximum absolute atomic E-state index is 12.3. The number of hydrogen-bond acceptors (Lipinski definition) is 7. The summed E-state index contributed by atoms with van der Waals surface area (Å²) in [7, 11) is 0. The van der Waals surface area contributed by atoms with E-state index in [0.717, 1.165) is 10.4 Å². The van der Waals surface area contributed by atoms with Gasteiger partial charge in [-0.25, -0.2) is 4.79 Å². The molecule has 4 rings (SSSR count). The third kappa shape index (κ3) is 3.27. The van der Waals surface area contributed by atoms with Crippen molar-refractivity contribution < 1.29 is 13.9 Å². The number of aromatic amines is 1. The summed E-state index contributed by atoms with van der Waals surface area (Å²) in [4.78, 5) is 13.2. The highest BCUT2D eigenvalue weighted by atomic mass is 32.1. The molecule has 0 saturated heterocycles. The Morgan fingerprint density at radius 3 is 2.81 bits per heavy atom. The van der Waals surface area contributed by atoms with E-state index in [1.165, 1.54) is 11.3 Å². The number of aromatic nitrogens is 4. The molecule has 4 aromatic rings. The summed E-state index contributed by atoms with van der Waals surface area (Å²) >= 11 is 1.50. The predicted octanol–water partition coefficient (Wildman–Crippen LogP) is 4.11. The van der Waals surface area contributed by atoms with Gasteiger partial charge in [0.15, 0.2) is 6.10 Å². The van der Waals surface area contributed by atoms with Crippen LogP contribution in [0.1, 0.15) is 29.4 Å². The van der Waals surface area contributed by atoms with E-state index in [1.54, 1.807) is 13.0 Å². The number of carbonyl (C=O) groups excluding carboxylic acids is 1. The molecule has 0 aliphatic carbocycles. The second-order valence-electron chi connectivity index (χ2n) is 5.50. The molecule has 0 radical (unpaired) electrons. The van der Waals surface area contributed by atoms with E-state index in [-0.39, 0.29) is 11.6 Å². The standard InChI is InChI=1S/C18H14N4O3S/c1-11(16-21-22-17(25-16)15-8-5-9-26-15)24-18(23)14-10-13(19-20-14)12-6-3-2-4-7-12/h2-11H,1H3,(H,19,20). The molecule has 3 heterocycles. The van der Waals surface area contributed by atoms with Crippen LogP contribution in [0.3, 0.4) is 0 Å². The first-order valence-electron chi connectivity index (χ1n) is 7.90. The molecule has 0 aliphatic rings. The van der Waals surface area contributed by atoms with E-state index in [0.29, 0.717) is 11.6 Å². The van der Waals surface area contributed by atoms with Crippen LogP contribution in [0.5, 0.6) is 0 Å². The van der Waals surface area contributed by atoms with E-state index in [4.69, 9.17) is 9.15 Å². The second-order valence-corrected chi connectivity index (χ2v) is 6.45. The first kappa shape index (κ1) is 16.2. The Balaban J connectivity index is 1.46. The molecule has 0 amide bonds. The van der Waals surface area contributed by atoms with E-state index in [1.807, 2.05) is 47.8 Å². The number of nitrogens with zero attached hydrogens (tertiary/aromatic N) is 3. The minimum Gasteiger partial charge on any atom is -0.448 e. The summed E-state index contributed by atoms with van der Waals surface area (Å²) in [6, 6.07) is 15.0. The highest BCUT2D eigenvalue weighted by Gasteiger charge is 2.21. The van der Waals surface area contributed by atoms with Crippen molar-refractivity contribution in [2.24, 2.45) is 0 Å². The molecule has 1 atom stereocenters. The van der Waals surface area contributed by atoms with Crippen LogP contribution in [0.15, 0.2) is 58.3 Å². The van der Waals surface area contributed by atoms with Crippen LogP contribution >= 0.6 is 11.3 Å². The van der Waals surface area contributed by atoms with Crippen molar-refractivity contribution in [3.63, 3.8) is 0 Å². The fourth-order valence-corrected chi connectivity index (χ4v) is 3.00. The fraction of sp³-hybridized carbons (Fsp3) is 0.111. The highest BCUT2D eigenvalue weighted by molar-refractivity contribution is 7.13. The minimum atomic E-state index is -0.674. The zero-order valence-corrected chi connectivity index (χ0v) is 14.6. The molecule has 1 unspecified atom stereocenters. The van der Waals surface area contributed by atoms with Gasteiger partial charge in [-0.05, 0) is 24.4 Å². The van der Waals surface area contributed by atoms with E-state index < -0.39 is 12.1 Å². The lowest BCUT2D eigenvalue weighted by Gasteiger charge is -2.07. The normalized spacial score (nSPS) is 12.0. The maximum atomic E-state index is 12.3. The van der Waals surface area contributed by atoms with Crippen molar-refractivity contribution in [1.82, 2.24) is 20.4 Å². The zero-order valence-electron chi connectivity index (χ0n) is 13.7. The number of rotatable bonds is 5. The Bertz CT molecular complexity index is 1010. The predicted molar refractivity (Wildman–Crippen MR) is 95.5 cm³/mol. The van der Waals surface area contributed by atoms with Crippen LogP contribution in [0, 0.1) is 0 Å². The van der Waals surface area contributed by atoms with E-state index in [9.17, 15) is 4.79 Å². The molecule has 7 nitrogen and oxygen atoms in total. The van der Waals surface area contributed by atoms with Crippen molar-refractivity contribution in [1.29, 1.82) is 0 Å². The van der Waals surface area contributed by atoms with Crippen LogP contribution in [0.2, 0.25) is 0 Å². The maximum Gasteiger partial charge on any atom is 0.357 e. The van der Waals surface area contributed by atoms with E-state index >= 15 is 0 Å². The van der Waals surface area contributed by atoms with Gasteiger partial charge in [-0.15, -0.1) is 21.5 Å². The Kier molecular flexibility index (Phi) is 4.32. The van der Waals surface area contributed by atoms with Crippen LogP contribution < -0.4 is 0 Å². The van der Waals surface area contributed by atoms with Gasteiger partial charge in [0.2, 0.25) is 0 Å². The Morgan fingerprint density at radius 1 is 1.19 bits per heavy atom. The number of thiophene rings is 1. The number of ether oxygens (including phenoxy) is 1. The summed E-state index contributed by atoms with van der Waals surface area (Å²) in [5, 5.41) is 16.7. The third-order valence-electron chi connectivity index (χ3n) is 3.67. The number of hydrogen-bond donors (Lipinski definition) is 1. The molecule has 1 aromatic carbocycles. The molecule has 0 saturated carbocycles.